The molecule has 0 saturated heterocycles. The molecular formula is C17H28N2O2. The molecule has 1 aromatic carbocycles. The summed E-state index contributed by atoms with van der Waals surface area (Å²) in [5, 5.41) is 6.24. The van der Waals surface area contributed by atoms with Crippen LogP contribution in [-0.4, -0.2) is 25.1 Å². The highest BCUT2D eigenvalue weighted by atomic mass is 16.5. The Balaban J connectivity index is 2.59. The van der Waals surface area contributed by atoms with Gasteiger partial charge in [0.05, 0.1) is 0 Å². The van der Waals surface area contributed by atoms with Crippen molar-refractivity contribution in [1.29, 1.82) is 0 Å². The fourth-order valence-corrected chi connectivity index (χ4v) is 2.28. The zero-order valence-electron chi connectivity index (χ0n) is 13.7. The lowest BCUT2D eigenvalue weighted by molar-refractivity contribution is -0.123. The SMILES string of the molecule is CCCC(C)NC(=O)COc1c(C)cccc1CNCC. The highest BCUT2D eigenvalue weighted by molar-refractivity contribution is 5.77. The van der Waals surface area contributed by atoms with Crippen molar-refractivity contribution in [2.75, 3.05) is 13.2 Å². The fraction of sp³-hybridized carbons (Fsp3) is 0.588. The van der Waals surface area contributed by atoms with Crippen molar-refractivity contribution in [2.45, 2.75) is 53.1 Å². The molecule has 0 spiro atoms. The third kappa shape index (κ3) is 6.17. The number of aryl methyl sites for hydroxylation is 1. The first kappa shape index (κ1) is 17.5. The molecule has 1 atom stereocenters. The summed E-state index contributed by atoms with van der Waals surface area (Å²) in [5.41, 5.74) is 2.14. The van der Waals surface area contributed by atoms with Crippen LogP contribution >= 0.6 is 0 Å². The minimum atomic E-state index is -0.0615. The smallest absolute Gasteiger partial charge is 0.258 e. The van der Waals surface area contributed by atoms with Gasteiger partial charge < -0.3 is 15.4 Å². The maximum atomic E-state index is 11.9. The molecule has 0 aliphatic rings. The first-order valence-electron chi connectivity index (χ1n) is 7.79. The lowest BCUT2D eigenvalue weighted by Gasteiger charge is -2.16. The standard InChI is InChI=1S/C17H28N2O2/c1-5-8-14(4)19-16(20)12-21-17-13(3)9-7-10-15(17)11-18-6-2/h7,9-10,14,18H,5-6,8,11-12H2,1-4H3,(H,19,20). The third-order valence-electron chi connectivity index (χ3n) is 3.34. The van der Waals surface area contributed by atoms with Gasteiger partial charge in [0.15, 0.2) is 6.61 Å². The summed E-state index contributed by atoms with van der Waals surface area (Å²) in [6.07, 6.45) is 2.05. The second-order valence-corrected chi connectivity index (χ2v) is 5.39. The monoisotopic (exact) mass is 292 g/mol. The molecule has 4 nitrogen and oxygen atoms in total. The fourth-order valence-electron chi connectivity index (χ4n) is 2.28. The van der Waals surface area contributed by atoms with E-state index in [4.69, 9.17) is 4.74 Å². The van der Waals surface area contributed by atoms with Gasteiger partial charge in [-0.2, -0.15) is 0 Å². The molecule has 118 valence electrons. The summed E-state index contributed by atoms with van der Waals surface area (Å²) in [6.45, 7) is 9.92. The van der Waals surface area contributed by atoms with Gasteiger partial charge in [-0.05, 0) is 32.4 Å². The van der Waals surface area contributed by atoms with E-state index in [1.165, 1.54) is 0 Å². The normalized spacial score (nSPS) is 12.0. The summed E-state index contributed by atoms with van der Waals surface area (Å²) in [4.78, 5) is 11.9. The number of benzene rings is 1. The maximum Gasteiger partial charge on any atom is 0.258 e. The van der Waals surface area contributed by atoms with Gasteiger partial charge in [0.25, 0.3) is 5.91 Å². The van der Waals surface area contributed by atoms with Gasteiger partial charge in [0, 0.05) is 18.2 Å². The molecule has 0 aliphatic heterocycles. The van der Waals surface area contributed by atoms with Gasteiger partial charge in [-0.15, -0.1) is 0 Å². The van der Waals surface area contributed by atoms with Crippen molar-refractivity contribution in [3.8, 4) is 5.75 Å². The number of amides is 1. The van der Waals surface area contributed by atoms with Gasteiger partial charge in [0.1, 0.15) is 5.75 Å². The Morgan fingerprint density at radius 3 is 2.76 bits per heavy atom. The number of ether oxygens (including phenoxy) is 1. The van der Waals surface area contributed by atoms with Crippen LogP contribution in [0.15, 0.2) is 18.2 Å². The van der Waals surface area contributed by atoms with Crippen LogP contribution in [0.3, 0.4) is 0 Å². The average molecular weight is 292 g/mol. The Hall–Kier alpha value is -1.55. The molecule has 1 aromatic rings. The molecule has 0 bridgehead atoms. The van der Waals surface area contributed by atoms with Crippen molar-refractivity contribution in [3.63, 3.8) is 0 Å². The first-order valence-corrected chi connectivity index (χ1v) is 7.79. The van der Waals surface area contributed by atoms with E-state index >= 15 is 0 Å². The van der Waals surface area contributed by atoms with E-state index in [1.54, 1.807) is 0 Å². The Morgan fingerprint density at radius 2 is 2.10 bits per heavy atom. The topological polar surface area (TPSA) is 50.4 Å². The van der Waals surface area contributed by atoms with E-state index in [-0.39, 0.29) is 18.6 Å². The molecule has 0 saturated carbocycles. The van der Waals surface area contributed by atoms with E-state index < -0.39 is 0 Å². The molecule has 21 heavy (non-hydrogen) atoms. The van der Waals surface area contributed by atoms with Gasteiger partial charge in [0.2, 0.25) is 0 Å². The number of carbonyl (C=O) groups excluding carboxylic acids is 1. The molecule has 1 rings (SSSR count). The summed E-state index contributed by atoms with van der Waals surface area (Å²) in [6, 6.07) is 6.24. The third-order valence-corrected chi connectivity index (χ3v) is 3.34. The average Bonchev–Trinajstić information content (AvgIpc) is 2.44. The molecule has 0 heterocycles. The zero-order chi connectivity index (χ0) is 15.7. The molecule has 0 fully saturated rings. The van der Waals surface area contributed by atoms with Gasteiger partial charge >= 0.3 is 0 Å². The Bertz CT molecular complexity index is 446. The number of hydrogen-bond acceptors (Lipinski definition) is 3. The molecule has 4 heteroatoms. The second-order valence-electron chi connectivity index (χ2n) is 5.39. The van der Waals surface area contributed by atoms with E-state index in [0.717, 1.165) is 42.8 Å². The minimum absolute atomic E-state index is 0.0615. The molecule has 1 unspecified atom stereocenters. The van der Waals surface area contributed by atoms with Crippen molar-refractivity contribution < 1.29 is 9.53 Å². The quantitative estimate of drug-likeness (QED) is 0.736. The highest BCUT2D eigenvalue weighted by Crippen LogP contribution is 2.23. The van der Waals surface area contributed by atoms with E-state index in [0.29, 0.717) is 0 Å². The zero-order valence-corrected chi connectivity index (χ0v) is 13.7. The summed E-state index contributed by atoms with van der Waals surface area (Å²) in [5.74, 6) is 0.755. The van der Waals surface area contributed by atoms with E-state index in [1.807, 2.05) is 32.0 Å². The van der Waals surface area contributed by atoms with Crippen LogP contribution in [0.4, 0.5) is 0 Å². The second kappa shape index (κ2) is 9.40. The Morgan fingerprint density at radius 1 is 1.33 bits per heavy atom. The lowest BCUT2D eigenvalue weighted by atomic mass is 10.1. The van der Waals surface area contributed by atoms with Crippen LogP contribution in [0, 0.1) is 6.92 Å². The largest absolute Gasteiger partial charge is 0.483 e. The van der Waals surface area contributed by atoms with Crippen LogP contribution in [0.25, 0.3) is 0 Å². The first-order chi connectivity index (χ1) is 10.1. The summed E-state index contributed by atoms with van der Waals surface area (Å²) in [7, 11) is 0. The van der Waals surface area contributed by atoms with Crippen molar-refractivity contribution in [3.05, 3.63) is 29.3 Å². The number of rotatable bonds is 9. The predicted molar refractivity (Wildman–Crippen MR) is 86.6 cm³/mol. The molecule has 0 aromatic heterocycles. The number of carbonyl (C=O) groups is 1. The number of hydrogen-bond donors (Lipinski definition) is 2. The minimum Gasteiger partial charge on any atom is -0.483 e. The molecular weight excluding hydrogens is 264 g/mol. The summed E-state index contributed by atoms with van der Waals surface area (Å²) < 4.78 is 5.75. The van der Waals surface area contributed by atoms with E-state index in [2.05, 4.69) is 24.5 Å². The number of para-hydroxylation sites is 1. The molecule has 0 aliphatic carbocycles. The lowest BCUT2D eigenvalue weighted by Crippen LogP contribution is -2.36. The molecule has 1 amide bonds. The highest BCUT2D eigenvalue weighted by Gasteiger charge is 2.11. The Kier molecular flexibility index (Phi) is 7.83. The van der Waals surface area contributed by atoms with Crippen LogP contribution in [0.5, 0.6) is 5.75 Å². The van der Waals surface area contributed by atoms with E-state index in [9.17, 15) is 4.79 Å². The number of nitrogens with one attached hydrogen (secondary N) is 2. The van der Waals surface area contributed by atoms with Crippen molar-refractivity contribution in [1.82, 2.24) is 10.6 Å². The molecule has 0 radical (unpaired) electrons. The Labute approximate surface area is 128 Å². The molecule has 2 N–H and O–H groups in total. The van der Waals surface area contributed by atoms with Gasteiger partial charge in [-0.3, -0.25) is 4.79 Å². The maximum absolute atomic E-state index is 11.9. The van der Waals surface area contributed by atoms with Crippen LogP contribution in [-0.2, 0) is 11.3 Å². The van der Waals surface area contributed by atoms with Crippen molar-refractivity contribution in [2.24, 2.45) is 0 Å². The van der Waals surface area contributed by atoms with Crippen LogP contribution in [0.1, 0.15) is 44.7 Å². The van der Waals surface area contributed by atoms with Crippen LogP contribution in [0.2, 0.25) is 0 Å². The van der Waals surface area contributed by atoms with Gasteiger partial charge in [-0.1, -0.05) is 38.5 Å². The van der Waals surface area contributed by atoms with Crippen molar-refractivity contribution >= 4 is 5.91 Å². The van der Waals surface area contributed by atoms with Crippen LogP contribution < -0.4 is 15.4 Å². The predicted octanol–water partition coefficient (Wildman–Crippen LogP) is 2.79. The summed E-state index contributed by atoms with van der Waals surface area (Å²) >= 11 is 0. The van der Waals surface area contributed by atoms with Gasteiger partial charge in [-0.25, -0.2) is 0 Å².